The van der Waals surface area contributed by atoms with Crippen LogP contribution < -0.4 is 0 Å². The standard InChI is InChI=1S/C10H21NO3S/c1-9(12)10(2,3)8-11-4-6-15(13,14)7-5-11/h9,12H,4-8H2,1-3H3. The van der Waals surface area contributed by atoms with Gasteiger partial charge in [-0.1, -0.05) is 13.8 Å². The predicted octanol–water partition coefficient (Wildman–Crippen LogP) is 0.124. The number of aliphatic hydroxyl groups excluding tert-OH is 1. The molecular formula is C10H21NO3S. The predicted molar refractivity (Wildman–Crippen MR) is 60.6 cm³/mol. The number of nitrogens with zero attached hydrogens (tertiary/aromatic N) is 1. The van der Waals surface area contributed by atoms with Crippen molar-refractivity contribution in [2.45, 2.75) is 26.9 Å². The number of hydrogen-bond acceptors (Lipinski definition) is 4. The van der Waals surface area contributed by atoms with Crippen molar-refractivity contribution >= 4 is 9.84 Å². The van der Waals surface area contributed by atoms with Crippen molar-refractivity contribution in [3.63, 3.8) is 0 Å². The Labute approximate surface area is 92.2 Å². The first-order valence-electron chi connectivity index (χ1n) is 5.34. The molecule has 0 amide bonds. The maximum absolute atomic E-state index is 11.2. The highest BCUT2D eigenvalue weighted by atomic mass is 32.2. The van der Waals surface area contributed by atoms with Gasteiger partial charge in [-0.2, -0.15) is 0 Å². The molecule has 1 aliphatic heterocycles. The second-order valence-electron chi connectivity index (χ2n) is 5.09. The topological polar surface area (TPSA) is 57.6 Å². The first kappa shape index (κ1) is 12.9. The summed E-state index contributed by atoms with van der Waals surface area (Å²) in [6.45, 7) is 7.72. The number of sulfone groups is 1. The summed E-state index contributed by atoms with van der Waals surface area (Å²) in [6.07, 6.45) is -0.379. The van der Waals surface area contributed by atoms with Crippen molar-refractivity contribution in [3.8, 4) is 0 Å². The van der Waals surface area contributed by atoms with Gasteiger partial charge in [0.2, 0.25) is 0 Å². The van der Waals surface area contributed by atoms with Gasteiger partial charge < -0.3 is 10.0 Å². The molecule has 0 saturated carbocycles. The van der Waals surface area contributed by atoms with E-state index in [2.05, 4.69) is 4.90 Å². The second-order valence-corrected chi connectivity index (χ2v) is 7.40. The van der Waals surface area contributed by atoms with Crippen LogP contribution in [0.15, 0.2) is 0 Å². The molecule has 4 nitrogen and oxygen atoms in total. The van der Waals surface area contributed by atoms with Crippen LogP contribution in [0.2, 0.25) is 0 Å². The quantitative estimate of drug-likeness (QED) is 0.755. The van der Waals surface area contributed by atoms with Gasteiger partial charge in [-0.25, -0.2) is 8.42 Å². The van der Waals surface area contributed by atoms with Crippen LogP contribution in [-0.2, 0) is 9.84 Å². The lowest BCUT2D eigenvalue weighted by Crippen LogP contribution is -2.47. The molecule has 5 heteroatoms. The Kier molecular flexibility index (Phi) is 3.79. The zero-order chi connectivity index (χ0) is 11.7. The molecular weight excluding hydrogens is 214 g/mol. The molecule has 1 N–H and O–H groups in total. The van der Waals surface area contributed by atoms with Crippen LogP contribution in [0.3, 0.4) is 0 Å². The molecule has 0 aliphatic carbocycles. The smallest absolute Gasteiger partial charge is 0.152 e. The minimum Gasteiger partial charge on any atom is -0.393 e. The van der Waals surface area contributed by atoms with Gasteiger partial charge in [-0.15, -0.1) is 0 Å². The van der Waals surface area contributed by atoms with Crippen LogP contribution in [0.1, 0.15) is 20.8 Å². The van der Waals surface area contributed by atoms with Crippen molar-refractivity contribution in [1.29, 1.82) is 0 Å². The Hall–Kier alpha value is -0.130. The highest BCUT2D eigenvalue weighted by Crippen LogP contribution is 2.22. The van der Waals surface area contributed by atoms with Crippen LogP contribution in [0, 0.1) is 5.41 Å². The maximum Gasteiger partial charge on any atom is 0.152 e. The monoisotopic (exact) mass is 235 g/mol. The lowest BCUT2D eigenvalue weighted by atomic mass is 9.87. The van der Waals surface area contributed by atoms with Gasteiger partial charge in [0.15, 0.2) is 9.84 Å². The summed E-state index contributed by atoms with van der Waals surface area (Å²) in [5.74, 6) is 0.506. The van der Waals surface area contributed by atoms with Crippen LogP contribution in [0.4, 0.5) is 0 Å². The van der Waals surface area contributed by atoms with Gasteiger partial charge >= 0.3 is 0 Å². The summed E-state index contributed by atoms with van der Waals surface area (Å²) in [5.41, 5.74) is -0.179. The third-order valence-corrected chi connectivity index (χ3v) is 4.81. The normalized spacial score (nSPS) is 25.1. The lowest BCUT2D eigenvalue weighted by Gasteiger charge is -2.36. The molecule has 0 radical (unpaired) electrons. The molecule has 1 atom stereocenters. The summed E-state index contributed by atoms with van der Waals surface area (Å²) in [6, 6.07) is 0. The second kappa shape index (κ2) is 4.39. The summed E-state index contributed by atoms with van der Waals surface area (Å²) in [7, 11) is -2.80. The Morgan fingerprint density at radius 1 is 1.33 bits per heavy atom. The molecule has 0 bridgehead atoms. The molecule has 0 spiro atoms. The van der Waals surface area contributed by atoms with E-state index in [0.717, 1.165) is 6.54 Å². The third-order valence-electron chi connectivity index (χ3n) is 3.20. The summed E-state index contributed by atoms with van der Waals surface area (Å²) in [4.78, 5) is 2.12. The van der Waals surface area contributed by atoms with E-state index < -0.39 is 9.84 Å². The Morgan fingerprint density at radius 3 is 2.20 bits per heavy atom. The fourth-order valence-electron chi connectivity index (χ4n) is 1.62. The van der Waals surface area contributed by atoms with E-state index >= 15 is 0 Å². The Morgan fingerprint density at radius 2 is 1.80 bits per heavy atom. The number of rotatable bonds is 3. The number of hydrogen-bond donors (Lipinski definition) is 1. The van der Waals surface area contributed by atoms with Crippen LogP contribution in [0.25, 0.3) is 0 Å². The maximum atomic E-state index is 11.2. The van der Waals surface area contributed by atoms with Gasteiger partial charge in [-0.3, -0.25) is 0 Å². The van der Waals surface area contributed by atoms with Gasteiger partial charge in [0.1, 0.15) is 0 Å². The first-order valence-corrected chi connectivity index (χ1v) is 7.16. The molecule has 1 rings (SSSR count). The largest absolute Gasteiger partial charge is 0.393 e. The van der Waals surface area contributed by atoms with E-state index in [1.165, 1.54) is 0 Å². The molecule has 0 aromatic heterocycles. The van der Waals surface area contributed by atoms with Crippen LogP contribution in [0.5, 0.6) is 0 Å². The molecule has 1 saturated heterocycles. The first-order chi connectivity index (χ1) is 6.73. The van der Waals surface area contributed by atoms with Crippen molar-refractivity contribution in [1.82, 2.24) is 4.90 Å². The summed E-state index contributed by atoms with van der Waals surface area (Å²) in [5, 5.41) is 9.57. The molecule has 1 heterocycles. The van der Waals surface area contributed by atoms with Crippen molar-refractivity contribution < 1.29 is 13.5 Å². The molecule has 0 aromatic carbocycles. The molecule has 15 heavy (non-hydrogen) atoms. The van der Waals surface area contributed by atoms with E-state index in [-0.39, 0.29) is 23.0 Å². The highest BCUT2D eigenvalue weighted by molar-refractivity contribution is 7.91. The minimum atomic E-state index is -2.80. The van der Waals surface area contributed by atoms with Crippen molar-refractivity contribution in [2.75, 3.05) is 31.1 Å². The average Bonchev–Trinajstić information content (AvgIpc) is 2.08. The van der Waals surface area contributed by atoms with E-state index in [1.54, 1.807) is 6.92 Å². The minimum absolute atomic E-state index is 0.179. The van der Waals surface area contributed by atoms with E-state index in [1.807, 2.05) is 13.8 Å². The fraction of sp³-hybridized carbons (Fsp3) is 1.00. The summed E-state index contributed by atoms with van der Waals surface area (Å²) >= 11 is 0. The van der Waals surface area contributed by atoms with Crippen molar-refractivity contribution in [3.05, 3.63) is 0 Å². The summed E-state index contributed by atoms with van der Waals surface area (Å²) < 4.78 is 22.4. The SMILES string of the molecule is CC(O)C(C)(C)CN1CCS(=O)(=O)CC1. The molecule has 1 unspecified atom stereocenters. The molecule has 0 aromatic rings. The van der Waals surface area contributed by atoms with Crippen molar-refractivity contribution in [2.24, 2.45) is 5.41 Å². The van der Waals surface area contributed by atoms with E-state index in [4.69, 9.17) is 0 Å². The zero-order valence-electron chi connectivity index (χ0n) is 9.73. The average molecular weight is 235 g/mol. The van der Waals surface area contributed by atoms with Gasteiger partial charge in [0, 0.05) is 25.0 Å². The van der Waals surface area contributed by atoms with E-state index in [0.29, 0.717) is 13.1 Å². The fourth-order valence-corrected chi connectivity index (χ4v) is 2.89. The lowest BCUT2D eigenvalue weighted by molar-refractivity contribution is 0.0366. The number of aliphatic hydroxyl groups is 1. The van der Waals surface area contributed by atoms with E-state index in [9.17, 15) is 13.5 Å². The molecule has 1 aliphatic rings. The van der Waals surface area contributed by atoms with Gasteiger partial charge in [-0.05, 0) is 6.92 Å². The molecule has 1 fully saturated rings. The Bertz CT molecular complexity index is 295. The highest BCUT2D eigenvalue weighted by Gasteiger charge is 2.30. The van der Waals surface area contributed by atoms with Crippen LogP contribution >= 0.6 is 0 Å². The third kappa shape index (κ3) is 3.74. The Balaban J connectivity index is 2.49. The zero-order valence-corrected chi connectivity index (χ0v) is 10.5. The molecule has 90 valence electrons. The van der Waals surface area contributed by atoms with Gasteiger partial charge in [0.05, 0.1) is 17.6 Å². The van der Waals surface area contributed by atoms with Gasteiger partial charge in [0.25, 0.3) is 0 Å². The van der Waals surface area contributed by atoms with Crippen LogP contribution in [-0.4, -0.2) is 55.7 Å².